The number of methoxy groups -OCH3 is 1. The lowest BCUT2D eigenvalue weighted by atomic mass is 9.83. The predicted molar refractivity (Wildman–Crippen MR) is 132 cm³/mol. The zero-order valence-corrected chi connectivity index (χ0v) is 19.6. The lowest BCUT2D eigenvalue weighted by molar-refractivity contribution is -0.384. The Bertz CT molecular complexity index is 1500. The molecule has 0 bridgehead atoms. The van der Waals surface area contributed by atoms with Crippen LogP contribution in [0.3, 0.4) is 0 Å². The van der Waals surface area contributed by atoms with Gasteiger partial charge in [0, 0.05) is 17.7 Å². The number of ether oxygens (including phenoxy) is 1. The highest BCUT2D eigenvalue weighted by atomic mass is 16.6. The molecule has 0 spiro atoms. The summed E-state index contributed by atoms with van der Waals surface area (Å²) in [7, 11) is 1.52. The summed E-state index contributed by atoms with van der Waals surface area (Å²) in [4.78, 5) is 53.3. The SMILES string of the molecule is COc1ccc(C(=O)[C@@H]2[C@H]3C(=O)N(c4cccc([N+](=O)[O-])c4)C(=O)[C@@H]3[C@H]3c4ccccc4C=NN23)cc1. The number of nitro benzene ring substituents is 1. The Morgan fingerprint density at radius 3 is 2.43 bits per heavy atom. The molecule has 10 heteroatoms. The second-order valence-electron chi connectivity index (χ2n) is 9.08. The number of fused-ring (bicyclic) bond motifs is 5. The molecule has 3 heterocycles. The number of nitrogens with zero attached hydrogens (tertiary/aromatic N) is 4. The van der Waals surface area contributed by atoms with Crippen LogP contribution in [0.15, 0.2) is 77.9 Å². The number of benzene rings is 3. The maximum atomic E-state index is 13.9. The van der Waals surface area contributed by atoms with Gasteiger partial charge in [-0.05, 0) is 41.5 Å². The molecule has 2 fully saturated rings. The Balaban J connectivity index is 1.47. The molecular formula is C27H20N4O6. The number of amides is 2. The second-order valence-corrected chi connectivity index (χ2v) is 9.08. The Kier molecular flexibility index (Phi) is 5.11. The number of carbonyl (C=O) groups excluding carboxylic acids is 3. The summed E-state index contributed by atoms with van der Waals surface area (Å²) in [5.74, 6) is -2.77. The van der Waals surface area contributed by atoms with Crippen molar-refractivity contribution in [3.8, 4) is 5.75 Å². The Morgan fingerprint density at radius 1 is 0.973 bits per heavy atom. The molecule has 37 heavy (non-hydrogen) atoms. The number of imide groups is 1. The van der Waals surface area contributed by atoms with Gasteiger partial charge >= 0.3 is 0 Å². The summed E-state index contributed by atoms with van der Waals surface area (Å²) in [6.45, 7) is 0. The molecule has 3 aromatic carbocycles. The summed E-state index contributed by atoms with van der Waals surface area (Å²) in [5.41, 5.74) is 1.81. The molecule has 10 nitrogen and oxygen atoms in total. The van der Waals surface area contributed by atoms with E-state index in [0.29, 0.717) is 11.3 Å². The van der Waals surface area contributed by atoms with Crippen molar-refractivity contribution < 1.29 is 24.0 Å². The zero-order chi connectivity index (χ0) is 25.8. The number of hydrazone groups is 1. The molecular weight excluding hydrogens is 476 g/mol. The number of ketones is 1. The second kappa shape index (κ2) is 8.37. The number of hydrogen-bond acceptors (Lipinski definition) is 8. The van der Waals surface area contributed by atoms with Gasteiger partial charge < -0.3 is 4.74 Å². The summed E-state index contributed by atoms with van der Waals surface area (Å²) < 4.78 is 5.19. The van der Waals surface area contributed by atoms with Crippen LogP contribution in [0.2, 0.25) is 0 Å². The standard InChI is InChI=1S/C27H20N4O6/c1-37-19-11-9-15(10-12-19)25(32)24-22-21(23-20-8-3-2-5-16(20)14-28-30(23)24)26(33)29(27(22)34)17-6-4-7-18(13-17)31(35)36/h2-14,21-24H,1H3/t21-,22-,23+,24-/m0/s1. The number of hydrogen-bond donors (Lipinski definition) is 0. The molecule has 0 aliphatic carbocycles. The van der Waals surface area contributed by atoms with E-state index in [9.17, 15) is 24.5 Å². The minimum absolute atomic E-state index is 0.105. The molecule has 0 saturated carbocycles. The third kappa shape index (κ3) is 3.33. The maximum absolute atomic E-state index is 13.9. The Hall–Kier alpha value is -4.86. The zero-order valence-electron chi connectivity index (χ0n) is 19.6. The predicted octanol–water partition coefficient (Wildman–Crippen LogP) is 3.36. The van der Waals surface area contributed by atoms with E-state index in [2.05, 4.69) is 5.10 Å². The first-order valence-electron chi connectivity index (χ1n) is 11.6. The normalized spacial score (nSPS) is 23.5. The quantitative estimate of drug-likeness (QED) is 0.230. The number of anilines is 1. The van der Waals surface area contributed by atoms with Crippen LogP contribution in [0.5, 0.6) is 5.75 Å². The summed E-state index contributed by atoms with van der Waals surface area (Å²) in [6, 6.07) is 17.7. The average Bonchev–Trinajstić information content (AvgIpc) is 3.40. The first kappa shape index (κ1) is 22.6. The summed E-state index contributed by atoms with van der Waals surface area (Å²) in [6.07, 6.45) is 1.63. The van der Waals surface area contributed by atoms with Crippen molar-refractivity contribution in [3.05, 3.63) is 99.6 Å². The number of nitro groups is 1. The van der Waals surface area contributed by atoms with Crippen LogP contribution in [0.1, 0.15) is 27.5 Å². The molecule has 0 N–H and O–H groups in total. The third-order valence-electron chi connectivity index (χ3n) is 7.24. The van der Waals surface area contributed by atoms with Gasteiger partial charge in [0.05, 0.1) is 41.8 Å². The van der Waals surface area contributed by atoms with E-state index in [1.807, 2.05) is 24.3 Å². The van der Waals surface area contributed by atoms with Crippen LogP contribution in [0.25, 0.3) is 0 Å². The van der Waals surface area contributed by atoms with E-state index in [1.165, 1.54) is 31.4 Å². The van der Waals surface area contributed by atoms with Gasteiger partial charge in [-0.3, -0.25) is 29.5 Å². The van der Waals surface area contributed by atoms with Crippen LogP contribution >= 0.6 is 0 Å². The van der Waals surface area contributed by atoms with Crippen molar-refractivity contribution in [1.82, 2.24) is 5.01 Å². The van der Waals surface area contributed by atoms with Crippen molar-refractivity contribution in [1.29, 1.82) is 0 Å². The van der Waals surface area contributed by atoms with Crippen LogP contribution in [-0.4, -0.2) is 46.9 Å². The number of non-ortho nitro benzene ring substituents is 1. The maximum Gasteiger partial charge on any atom is 0.271 e. The van der Waals surface area contributed by atoms with E-state index in [4.69, 9.17) is 4.74 Å². The van der Waals surface area contributed by atoms with E-state index in [1.54, 1.807) is 35.5 Å². The number of carbonyl (C=O) groups is 3. The monoisotopic (exact) mass is 496 g/mol. The van der Waals surface area contributed by atoms with Crippen LogP contribution < -0.4 is 9.64 Å². The molecule has 6 rings (SSSR count). The van der Waals surface area contributed by atoms with Gasteiger partial charge in [-0.15, -0.1) is 0 Å². The highest BCUT2D eigenvalue weighted by molar-refractivity contribution is 6.24. The van der Waals surface area contributed by atoms with Crippen molar-refractivity contribution in [3.63, 3.8) is 0 Å². The molecule has 4 atom stereocenters. The largest absolute Gasteiger partial charge is 0.497 e. The van der Waals surface area contributed by atoms with Gasteiger partial charge in [0.25, 0.3) is 5.69 Å². The van der Waals surface area contributed by atoms with Crippen LogP contribution in [0, 0.1) is 22.0 Å². The summed E-state index contributed by atoms with van der Waals surface area (Å²) >= 11 is 0. The number of rotatable bonds is 5. The molecule has 184 valence electrons. The smallest absolute Gasteiger partial charge is 0.271 e. The number of Topliss-reactive ketones (excluding diaryl/α,β-unsaturated/α-hetero) is 1. The molecule has 0 aromatic heterocycles. The van der Waals surface area contributed by atoms with Gasteiger partial charge in [-0.1, -0.05) is 30.3 Å². The van der Waals surface area contributed by atoms with Crippen LogP contribution in [-0.2, 0) is 9.59 Å². The fourth-order valence-electron chi connectivity index (χ4n) is 5.59. The van der Waals surface area contributed by atoms with E-state index in [-0.39, 0.29) is 17.2 Å². The minimum Gasteiger partial charge on any atom is -0.497 e. The average molecular weight is 496 g/mol. The van der Waals surface area contributed by atoms with Gasteiger partial charge in [-0.25, -0.2) is 4.90 Å². The van der Waals surface area contributed by atoms with Gasteiger partial charge in [0.2, 0.25) is 11.8 Å². The van der Waals surface area contributed by atoms with Crippen molar-refractivity contribution >= 4 is 35.2 Å². The lowest BCUT2D eigenvalue weighted by Gasteiger charge is -2.33. The molecule has 3 aromatic rings. The van der Waals surface area contributed by atoms with Gasteiger partial charge in [0.1, 0.15) is 11.8 Å². The van der Waals surface area contributed by atoms with E-state index < -0.39 is 40.7 Å². The summed E-state index contributed by atoms with van der Waals surface area (Å²) in [5, 5.41) is 17.4. The lowest BCUT2D eigenvalue weighted by Crippen LogP contribution is -2.44. The molecule has 2 saturated heterocycles. The Labute approximate surface area is 210 Å². The van der Waals surface area contributed by atoms with Crippen molar-refractivity contribution in [2.45, 2.75) is 12.1 Å². The molecule has 2 amide bonds. The highest BCUT2D eigenvalue weighted by Gasteiger charge is 2.65. The van der Waals surface area contributed by atoms with E-state index in [0.717, 1.165) is 16.0 Å². The fourth-order valence-corrected chi connectivity index (χ4v) is 5.59. The minimum atomic E-state index is -1.03. The topological polar surface area (TPSA) is 122 Å². The fraction of sp³-hybridized carbons (Fsp3) is 0.185. The van der Waals surface area contributed by atoms with Gasteiger partial charge in [-0.2, -0.15) is 5.10 Å². The van der Waals surface area contributed by atoms with Crippen LogP contribution in [0.4, 0.5) is 11.4 Å². The Morgan fingerprint density at radius 2 is 1.70 bits per heavy atom. The molecule has 3 aliphatic rings. The van der Waals surface area contributed by atoms with Crippen molar-refractivity contribution in [2.24, 2.45) is 16.9 Å². The van der Waals surface area contributed by atoms with Gasteiger partial charge in [0.15, 0.2) is 5.78 Å². The van der Waals surface area contributed by atoms with E-state index >= 15 is 0 Å². The van der Waals surface area contributed by atoms with Crippen molar-refractivity contribution in [2.75, 3.05) is 12.0 Å². The third-order valence-corrected chi connectivity index (χ3v) is 7.24. The molecule has 0 radical (unpaired) electrons. The molecule has 3 aliphatic heterocycles. The first-order chi connectivity index (χ1) is 17.9. The molecule has 0 unspecified atom stereocenters. The highest BCUT2D eigenvalue weighted by Crippen LogP contribution is 2.53. The first-order valence-corrected chi connectivity index (χ1v) is 11.6.